The highest BCUT2D eigenvalue weighted by molar-refractivity contribution is 9.10. The zero-order valence-corrected chi connectivity index (χ0v) is 14.2. The maximum Gasteiger partial charge on any atom is 0.204 e. The molecular weight excluding hydrogens is 374 g/mol. The molecule has 0 unspecified atom stereocenters. The van der Waals surface area contributed by atoms with Crippen molar-refractivity contribution in [2.24, 2.45) is 0 Å². The molecule has 0 aliphatic heterocycles. The third-order valence-corrected chi connectivity index (χ3v) is 4.46. The van der Waals surface area contributed by atoms with Gasteiger partial charge < -0.3 is 5.32 Å². The number of carbonyl (C=O) groups is 1. The summed E-state index contributed by atoms with van der Waals surface area (Å²) in [4.78, 5) is 17.2. The molecule has 0 aliphatic rings. The quantitative estimate of drug-likeness (QED) is 0.660. The second kappa shape index (κ2) is 6.73. The fraction of sp³-hybridized carbons (Fsp3) is 0. The van der Waals surface area contributed by atoms with E-state index in [4.69, 9.17) is 5.26 Å². The Balaban J connectivity index is 1.80. The predicted molar refractivity (Wildman–Crippen MR) is 94.1 cm³/mol. The van der Waals surface area contributed by atoms with Crippen LogP contribution in [0.1, 0.15) is 20.8 Å². The summed E-state index contributed by atoms with van der Waals surface area (Å²) >= 11 is 4.64. The first-order valence-corrected chi connectivity index (χ1v) is 8.30. The minimum Gasteiger partial charge on any atom is -0.331 e. The number of anilines is 2. The van der Waals surface area contributed by atoms with Crippen LogP contribution < -0.4 is 5.32 Å². The van der Waals surface area contributed by atoms with Gasteiger partial charge >= 0.3 is 0 Å². The largest absolute Gasteiger partial charge is 0.331 e. The number of rotatable bonds is 4. The summed E-state index contributed by atoms with van der Waals surface area (Å²) in [5.41, 5.74) is 1.94. The van der Waals surface area contributed by atoms with Crippen molar-refractivity contribution in [3.8, 4) is 6.07 Å². The SMILES string of the molecule is N#Cc1cccc(Nc2ncc(C(=O)c3cccc(Br)c3)s2)c1. The molecule has 1 heterocycles. The van der Waals surface area contributed by atoms with Crippen LogP contribution in [0.4, 0.5) is 10.8 Å². The monoisotopic (exact) mass is 383 g/mol. The summed E-state index contributed by atoms with van der Waals surface area (Å²) in [6.07, 6.45) is 1.56. The number of hydrogen-bond acceptors (Lipinski definition) is 5. The van der Waals surface area contributed by atoms with Crippen molar-refractivity contribution in [2.75, 3.05) is 5.32 Å². The van der Waals surface area contributed by atoms with Gasteiger partial charge in [-0.1, -0.05) is 45.5 Å². The molecule has 0 bridgehead atoms. The van der Waals surface area contributed by atoms with Crippen molar-refractivity contribution in [1.29, 1.82) is 5.26 Å². The van der Waals surface area contributed by atoms with E-state index in [1.807, 2.05) is 18.2 Å². The van der Waals surface area contributed by atoms with Gasteiger partial charge in [0.05, 0.1) is 22.7 Å². The minimum absolute atomic E-state index is 0.0670. The number of thiazole rings is 1. The van der Waals surface area contributed by atoms with Gasteiger partial charge in [0, 0.05) is 15.7 Å². The summed E-state index contributed by atoms with van der Waals surface area (Å²) in [5, 5.41) is 12.6. The van der Waals surface area contributed by atoms with Gasteiger partial charge in [0.2, 0.25) is 5.78 Å². The molecule has 0 fully saturated rings. The molecule has 2 aromatic carbocycles. The number of benzene rings is 2. The third-order valence-electron chi connectivity index (χ3n) is 3.06. The van der Waals surface area contributed by atoms with E-state index in [1.54, 1.807) is 36.5 Å². The van der Waals surface area contributed by atoms with E-state index in [2.05, 4.69) is 32.3 Å². The van der Waals surface area contributed by atoms with Gasteiger partial charge in [0.1, 0.15) is 0 Å². The molecule has 3 aromatic rings. The van der Waals surface area contributed by atoms with Gasteiger partial charge in [-0.3, -0.25) is 4.79 Å². The van der Waals surface area contributed by atoms with Gasteiger partial charge in [0.15, 0.2) is 5.13 Å². The van der Waals surface area contributed by atoms with Crippen molar-refractivity contribution in [3.63, 3.8) is 0 Å². The standard InChI is InChI=1S/C17H10BrN3OS/c18-13-5-2-4-12(8-13)16(22)15-10-20-17(23-15)21-14-6-1-3-11(7-14)9-19/h1-8,10H,(H,20,21). The van der Waals surface area contributed by atoms with Gasteiger partial charge in [-0.25, -0.2) is 4.98 Å². The van der Waals surface area contributed by atoms with Crippen molar-refractivity contribution in [3.05, 3.63) is 75.2 Å². The summed E-state index contributed by atoms with van der Waals surface area (Å²) in [5.74, 6) is -0.0670. The second-order valence-corrected chi connectivity index (χ2v) is 6.63. The van der Waals surface area contributed by atoms with E-state index in [-0.39, 0.29) is 5.78 Å². The van der Waals surface area contributed by atoms with Crippen LogP contribution in [-0.2, 0) is 0 Å². The molecule has 1 aromatic heterocycles. The number of nitrogens with zero attached hydrogens (tertiary/aromatic N) is 2. The molecule has 0 saturated carbocycles. The highest BCUT2D eigenvalue weighted by atomic mass is 79.9. The van der Waals surface area contributed by atoms with Crippen LogP contribution in [0.25, 0.3) is 0 Å². The molecule has 0 atom stereocenters. The fourth-order valence-corrected chi connectivity index (χ4v) is 3.20. The third kappa shape index (κ3) is 3.65. The molecule has 3 rings (SSSR count). The molecule has 112 valence electrons. The lowest BCUT2D eigenvalue weighted by molar-refractivity contribution is 0.104. The number of carbonyl (C=O) groups excluding carboxylic acids is 1. The molecule has 0 saturated heterocycles. The topological polar surface area (TPSA) is 65.8 Å². The van der Waals surface area contributed by atoms with Crippen LogP contribution in [-0.4, -0.2) is 10.8 Å². The lowest BCUT2D eigenvalue weighted by Crippen LogP contribution is -1.97. The Hall–Kier alpha value is -2.49. The zero-order chi connectivity index (χ0) is 16.2. The molecule has 23 heavy (non-hydrogen) atoms. The highest BCUT2D eigenvalue weighted by Crippen LogP contribution is 2.25. The Kier molecular flexibility index (Phi) is 4.51. The Labute approximate surface area is 145 Å². The molecule has 0 radical (unpaired) electrons. The highest BCUT2D eigenvalue weighted by Gasteiger charge is 2.13. The van der Waals surface area contributed by atoms with Crippen LogP contribution in [0.2, 0.25) is 0 Å². The van der Waals surface area contributed by atoms with Crippen LogP contribution >= 0.6 is 27.3 Å². The number of hydrogen-bond donors (Lipinski definition) is 1. The first-order valence-electron chi connectivity index (χ1n) is 6.69. The first-order chi connectivity index (χ1) is 11.2. The lowest BCUT2D eigenvalue weighted by Gasteiger charge is -2.02. The average Bonchev–Trinajstić information content (AvgIpc) is 3.03. The maximum atomic E-state index is 12.4. The maximum absolute atomic E-state index is 12.4. The Morgan fingerprint density at radius 1 is 1.22 bits per heavy atom. The zero-order valence-electron chi connectivity index (χ0n) is 11.8. The van der Waals surface area contributed by atoms with Gasteiger partial charge in [-0.2, -0.15) is 5.26 Å². The number of halogens is 1. The summed E-state index contributed by atoms with van der Waals surface area (Å²) in [6.45, 7) is 0. The van der Waals surface area contributed by atoms with E-state index >= 15 is 0 Å². The Morgan fingerprint density at radius 3 is 2.83 bits per heavy atom. The fourth-order valence-electron chi connectivity index (χ4n) is 2.00. The molecule has 0 amide bonds. The van der Waals surface area contributed by atoms with E-state index in [0.29, 0.717) is 21.1 Å². The van der Waals surface area contributed by atoms with Crippen molar-refractivity contribution >= 4 is 43.9 Å². The molecule has 0 spiro atoms. The van der Waals surface area contributed by atoms with E-state index < -0.39 is 0 Å². The van der Waals surface area contributed by atoms with E-state index in [9.17, 15) is 4.79 Å². The average molecular weight is 384 g/mol. The van der Waals surface area contributed by atoms with Gasteiger partial charge in [0.25, 0.3) is 0 Å². The first kappa shape index (κ1) is 15.4. The van der Waals surface area contributed by atoms with Gasteiger partial charge in [-0.15, -0.1) is 0 Å². The Morgan fingerprint density at radius 2 is 2.04 bits per heavy atom. The summed E-state index contributed by atoms with van der Waals surface area (Å²) in [7, 11) is 0. The van der Waals surface area contributed by atoms with Gasteiger partial charge in [-0.05, 0) is 30.3 Å². The van der Waals surface area contributed by atoms with E-state index in [1.165, 1.54) is 11.3 Å². The molecule has 0 aliphatic carbocycles. The number of nitrogens with one attached hydrogen (secondary N) is 1. The Bertz CT molecular complexity index is 914. The lowest BCUT2D eigenvalue weighted by atomic mass is 10.1. The molecule has 6 heteroatoms. The second-order valence-electron chi connectivity index (χ2n) is 4.69. The number of ketones is 1. The number of nitriles is 1. The van der Waals surface area contributed by atoms with Crippen molar-refractivity contribution < 1.29 is 4.79 Å². The van der Waals surface area contributed by atoms with Crippen LogP contribution in [0.15, 0.2) is 59.2 Å². The minimum atomic E-state index is -0.0670. The molecular formula is C17H10BrN3OS. The van der Waals surface area contributed by atoms with Crippen molar-refractivity contribution in [2.45, 2.75) is 0 Å². The summed E-state index contributed by atoms with van der Waals surface area (Å²) < 4.78 is 0.861. The van der Waals surface area contributed by atoms with Crippen LogP contribution in [0, 0.1) is 11.3 Å². The summed E-state index contributed by atoms with van der Waals surface area (Å²) in [6, 6.07) is 16.4. The normalized spacial score (nSPS) is 10.1. The van der Waals surface area contributed by atoms with E-state index in [0.717, 1.165) is 10.2 Å². The van der Waals surface area contributed by atoms with Crippen molar-refractivity contribution in [1.82, 2.24) is 4.98 Å². The smallest absolute Gasteiger partial charge is 0.204 e. The van der Waals surface area contributed by atoms with Crippen LogP contribution in [0.5, 0.6) is 0 Å². The molecule has 1 N–H and O–H groups in total. The predicted octanol–water partition coefficient (Wildman–Crippen LogP) is 4.75. The number of aromatic nitrogens is 1. The van der Waals surface area contributed by atoms with Crippen LogP contribution in [0.3, 0.4) is 0 Å². The molecule has 4 nitrogen and oxygen atoms in total.